The summed E-state index contributed by atoms with van der Waals surface area (Å²) < 4.78 is 5.74. The van der Waals surface area contributed by atoms with Gasteiger partial charge in [-0.15, -0.1) is 0 Å². The number of fused-ring (bicyclic) bond motifs is 1. The van der Waals surface area contributed by atoms with E-state index in [1.54, 1.807) is 25.3 Å². The number of aromatic carboxylic acids is 1. The normalized spacial score (nSPS) is 15.3. The summed E-state index contributed by atoms with van der Waals surface area (Å²) in [7, 11) is 1.59. The molecule has 0 aliphatic carbocycles. The van der Waals surface area contributed by atoms with Crippen LogP contribution >= 0.6 is 24.0 Å². The number of carbonyl (C=O) groups excluding carboxylic acids is 1. The number of hydrogen-bond donors (Lipinski definition) is 1. The number of ether oxygens (including phenoxy) is 1. The molecule has 8 heteroatoms. The van der Waals surface area contributed by atoms with Gasteiger partial charge in [0, 0.05) is 5.39 Å². The van der Waals surface area contributed by atoms with Crippen molar-refractivity contribution >= 4 is 62.8 Å². The van der Waals surface area contributed by atoms with E-state index >= 15 is 0 Å². The molecule has 1 aliphatic heterocycles. The number of carbonyl (C=O) groups is 2. The Labute approximate surface area is 175 Å². The maximum Gasteiger partial charge on any atom is 0.335 e. The first-order chi connectivity index (χ1) is 14.0. The minimum atomic E-state index is -1.03. The predicted octanol–water partition coefficient (Wildman–Crippen LogP) is 4.35. The predicted molar refractivity (Wildman–Crippen MR) is 117 cm³/mol. The van der Waals surface area contributed by atoms with Crippen molar-refractivity contribution in [2.24, 2.45) is 0 Å². The van der Waals surface area contributed by atoms with Crippen molar-refractivity contribution in [3.05, 3.63) is 70.8 Å². The number of thioether (sulfide) groups is 1. The van der Waals surface area contributed by atoms with E-state index in [1.807, 2.05) is 30.3 Å². The molecule has 1 aromatic heterocycles. The molecule has 4 rings (SSSR count). The molecule has 6 nitrogen and oxygen atoms in total. The molecule has 144 valence electrons. The molecule has 29 heavy (non-hydrogen) atoms. The van der Waals surface area contributed by atoms with Crippen LogP contribution in [0.1, 0.15) is 16.1 Å². The Morgan fingerprint density at radius 2 is 1.93 bits per heavy atom. The highest BCUT2D eigenvalue weighted by Gasteiger charge is 2.33. The van der Waals surface area contributed by atoms with Gasteiger partial charge in [0.2, 0.25) is 0 Å². The number of aromatic nitrogens is 1. The Balaban J connectivity index is 1.67. The molecule has 1 aliphatic rings. The number of pyridine rings is 1. The summed E-state index contributed by atoms with van der Waals surface area (Å²) >= 11 is 6.54. The third-order valence-corrected chi connectivity index (χ3v) is 5.67. The zero-order chi connectivity index (χ0) is 20.5. The van der Waals surface area contributed by atoms with Crippen molar-refractivity contribution in [3.8, 4) is 5.75 Å². The molecule has 0 atom stereocenters. The zero-order valence-corrected chi connectivity index (χ0v) is 16.8. The lowest BCUT2D eigenvalue weighted by molar-refractivity contribution is -0.113. The summed E-state index contributed by atoms with van der Waals surface area (Å²) in [6, 6.07) is 15.4. The summed E-state index contributed by atoms with van der Waals surface area (Å²) in [5, 5.41) is 9.97. The van der Waals surface area contributed by atoms with Gasteiger partial charge < -0.3 is 9.84 Å². The van der Waals surface area contributed by atoms with E-state index < -0.39 is 5.97 Å². The van der Waals surface area contributed by atoms with Crippen molar-refractivity contribution in [2.75, 3.05) is 12.0 Å². The van der Waals surface area contributed by atoms with Crippen LogP contribution < -0.4 is 9.64 Å². The number of anilines is 1. The summed E-state index contributed by atoms with van der Waals surface area (Å²) in [4.78, 5) is 30.4. The van der Waals surface area contributed by atoms with E-state index in [9.17, 15) is 9.59 Å². The zero-order valence-electron chi connectivity index (χ0n) is 15.2. The van der Waals surface area contributed by atoms with Crippen LogP contribution in [0.25, 0.3) is 17.0 Å². The first kappa shape index (κ1) is 19.1. The minimum absolute atomic E-state index is 0.143. The fourth-order valence-corrected chi connectivity index (χ4v) is 4.24. The van der Waals surface area contributed by atoms with Crippen molar-refractivity contribution in [2.45, 2.75) is 0 Å². The first-order valence-corrected chi connectivity index (χ1v) is 9.75. The molecule has 0 spiro atoms. The van der Waals surface area contributed by atoms with E-state index in [1.165, 1.54) is 28.8 Å². The van der Waals surface area contributed by atoms with Gasteiger partial charge in [-0.1, -0.05) is 42.2 Å². The largest absolute Gasteiger partial charge is 0.494 e. The van der Waals surface area contributed by atoms with Gasteiger partial charge in [0.1, 0.15) is 11.3 Å². The van der Waals surface area contributed by atoms with Crippen LogP contribution in [0.4, 0.5) is 5.69 Å². The van der Waals surface area contributed by atoms with Gasteiger partial charge in [0.15, 0.2) is 4.32 Å². The van der Waals surface area contributed by atoms with E-state index in [-0.39, 0.29) is 11.5 Å². The Hall–Kier alpha value is -3.23. The minimum Gasteiger partial charge on any atom is -0.494 e. The van der Waals surface area contributed by atoms with Crippen molar-refractivity contribution in [1.82, 2.24) is 4.98 Å². The summed E-state index contributed by atoms with van der Waals surface area (Å²) in [6.45, 7) is 0. The summed E-state index contributed by atoms with van der Waals surface area (Å²) in [5.74, 6) is -0.645. The van der Waals surface area contributed by atoms with Crippen LogP contribution in [0.15, 0.2) is 59.5 Å². The summed E-state index contributed by atoms with van der Waals surface area (Å²) in [6.07, 6.45) is 1.69. The molecule has 1 N–H and O–H groups in total. The fourth-order valence-electron chi connectivity index (χ4n) is 2.96. The first-order valence-electron chi connectivity index (χ1n) is 8.53. The quantitative estimate of drug-likeness (QED) is 0.495. The van der Waals surface area contributed by atoms with Crippen molar-refractivity contribution < 1.29 is 19.4 Å². The van der Waals surface area contributed by atoms with Crippen molar-refractivity contribution in [3.63, 3.8) is 0 Å². The van der Waals surface area contributed by atoms with Crippen LogP contribution in [-0.4, -0.2) is 33.4 Å². The van der Waals surface area contributed by atoms with E-state index in [4.69, 9.17) is 22.1 Å². The smallest absolute Gasteiger partial charge is 0.335 e. The molecule has 1 fully saturated rings. The van der Waals surface area contributed by atoms with Crippen molar-refractivity contribution in [1.29, 1.82) is 0 Å². The number of benzene rings is 2. The molecular weight excluding hydrogens is 408 g/mol. The molecule has 1 saturated heterocycles. The van der Waals surface area contributed by atoms with Crippen LogP contribution in [0.3, 0.4) is 0 Å². The van der Waals surface area contributed by atoms with Gasteiger partial charge in [-0.25, -0.2) is 9.78 Å². The SMILES string of the molecule is COc1cccc2ccc(/C=C3\SC(=S)N(c4ccc(C(=O)O)cc4)C3=O)nc12. The third kappa shape index (κ3) is 3.59. The second-order valence-corrected chi connectivity index (χ2v) is 7.81. The van der Waals surface area contributed by atoms with Gasteiger partial charge in [0.25, 0.3) is 5.91 Å². The van der Waals surface area contributed by atoms with Gasteiger partial charge >= 0.3 is 5.97 Å². The molecule has 0 unspecified atom stereocenters. The maximum absolute atomic E-state index is 12.9. The third-order valence-electron chi connectivity index (χ3n) is 4.37. The standard InChI is InChI=1S/C21H14N2O4S2/c1-27-16-4-2-3-12-5-8-14(22-18(12)16)11-17-19(24)23(21(28)29-17)15-9-6-13(7-10-15)20(25)26/h2-11H,1H3,(H,25,26)/b17-11-. The number of carboxylic acids is 1. The molecular formula is C21H14N2O4S2. The number of amides is 1. The van der Waals surface area contributed by atoms with Crippen LogP contribution in [0.2, 0.25) is 0 Å². The Kier molecular flexibility index (Phi) is 5.04. The molecule has 3 aromatic rings. The average Bonchev–Trinajstić information content (AvgIpc) is 3.00. The lowest BCUT2D eigenvalue weighted by Crippen LogP contribution is -2.27. The number of nitrogens with zero attached hydrogens (tertiary/aromatic N) is 2. The van der Waals surface area contributed by atoms with E-state index in [0.29, 0.717) is 31.9 Å². The second-order valence-electron chi connectivity index (χ2n) is 6.14. The van der Waals surface area contributed by atoms with Crippen LogP contribution in [-0.2, 0) is 4.79 Å². The van der Waals surface area contributed by atoms with Gasteiger partial charge in [-0.3, -0.25) is 9.69 Å². The Morgan fingerprint density at radius 3 is 2.62 bits per heavy atom. The van der Waals surface area contributed by atoms with Gasteiger partial charge in [-0.05, 0) is 42.5 Å². The lowest BCUT2D eigenvalue weighted by Gasteiger charge is -2.14. The number of carboxylic acid groups (broad SMARTS) is 1. The topological polar surface area (TPSA) is 79.7 Å². The highest BCUT2D eigenvalue weighted by Crippen LogP contribution is 2.36. The summed E-state index contributed by atoms with van der Waals surface area (Å²) in [5.41, 5.74) is 1.99. The van der Waals surface area contributed by atoms with Gasteiger partial charge in [0.05, 0.1) is 29.0 Å². The van der Waals surface area contributed by atoms with E-state index in [0.717, 1.165) is 5.39 Å². The van der Waals surface area contributed by atoms with Crippen LogP contribution in [0.5, 0.6) is 5.75 Å². The molecule has 0 bridgehead atoms. The number of thiocarbonyl (C=S) groups is 1. The monoisotopic (exact) mass is 422 g/mol. The lowest BCUT2D eigenvalue weighted by atomic mass is 10.2. The molecule has 2 heterocycles. The molecule has 1 amide bonds. The number of hydrogen-bond acceptors (Lipinski definition) is 6. The fraction of sp³-hybridized carbons (Fsp3) is 0.0476. The number of para-hydroxylation sites is 1. The molecule has 0 saturated carbocycles. The number of methoxy groups -OCH3 is 1. The Morgan fingerprint density at radius 1 is 1.17 bits per heavy atom. The molecule has 0 radical (unpaired) electrons. The highest BCUT2D eigenvalue weighted by molar-refractivity contribution is 8.27. The van der Waals surface area contributed by atoms with Crippen LogP contribution in [0, 0.1) is 0 Å². The Bertz CT molecular complexity index is 1190. The van der Waals surface area contributed by atoms with E-state index in [2.05, 4.69) is 4.98 Å². The number of rotatable bonds is 4. The maximum atomic E-state index is 12.9. The second kappa shape index (κ2) is 7.65. The van der Waals surface area contributed by atoms with Gasteiger partial charge in [-0.2, -0.15) is 0 Å². The molecule has 2 aromatic carbocycles. The highest BCUT2D eigenvalue weighted by atomic mass is 32.2. The average molecular weight is 422 g/mol.